The number of fused-ring (bicyclic) bond motifs is 1. The lowest BCUT2D eigenvalue weighted by Crippen LogP contribution is -2.34. The molecule has 0 spiro atoms. The van der Waals surface area contributed by atoms with Crippen LogP contribution < -0.4 is 10.6 Å². The van der Waals surface area contributed by atoms with Crippen molar-refractivity contribution in [2.45, 2.75) is 26.7 Å². The molecule has 3 N–H and O–H groups in total. The number of nitrogens with one attached hydrogen (secondary N) is 1. The largest absolute Gasteiger partial charge is 0.397 e. The van der Waals surface area contributed by atoms with Crippen molar-refractivity contribution >= 4 is 22.4 Å². The van der Waals surface area contributed by atoms with Gasteiger partial charge in [-0.25, -0.2) is 4.98 Å². The molecular formula is C14H20N4. The molecule has 2 aromatic rings. The van der Waals surface area contributed by atoms with Gasteiger partial charge >= 0.3 is 0 Å². The molecule has 0 saturated carbocycles. The highest BCUT2D eigenvalue weighted by molar-refractivity contribution is 6.00. The molecular weight excluding hydrogens is 224 g/mol. The van der Waals surface area contributed by atoms with E-state index in [0.29, 0.717) is 0 Å². The molecule has 1 fully saturated rings. The second kappa shape index (κ2) is 4.19. The average molecular weight is 244 g/mol. The highest BCUT2D eigenvalue weighted by Crippen LogP contribution is 2.35. The summed E-state index contributed by atoms with van der Waals surface area (Å²) in [5, 5.41) is 1.09. The molecule has 96 valence electrons. The van der Waals surface area contributed by atoms with Gasteiger partial charge in [0.1, 0.15) is 5.65 Å². The fourth-order valence-electron chi connectivity index (χ4n) is 3.00. The number of aromatic nitrogens is 2. The predicted octanol–water partition coefficient (Wildman–Crippen LogP) is 2.69. The minimum atomic E-state index is 0.751. The number of rotatable bonds is 1. The van der Waals surface area contributed by atoms with Gasteiger partial charge in [0.05, 0.1) is 16.8 Å². The highest BCUT2D eigenvalue weighted by Gasteiger charge is 2.21. The quantitative estimate of drug-likeness (QED) is 0.811. The van der Waals surface area contributed by atoms with Crippen LogP contribution in [0.4, 0.5) is 11.4 Å². The van der Waals surface area contributed by atoms with Crippen LogP contribution in [0, 0.1) is 12.8 Å². The summed E-state index contributed by atoms with van der Waals surface area (Å²) < 4.78 is 0. The van der Waals surface area contributed by atoms with Crippen molar-refractivity contribution in [2.24, 2.45) is 5.92 Å². The zero-order valence-corrected chi connectivity index (χ0v) is 11.0. The molecule has 0 bridgehead atoms. The molecule has 3 rings (SSSR count). The first-order chi connectivity index (χ1) is 8.66. The van der Waals surface area contributed by atoms with Gasteiger partial charge in [-0.3, -0.25) is 0 Å². The Labute approximate surface area is 107 Å². The number of aryl methyl sites for hydroxylation is 1. The molecule has 0 aromatic carbocycles. The second-order valence-corrected chi connectivity index (χ2v) is 5.45. The van der Waals surface area contributed by atoms with Crippen LogP contribution in [0.25, 0.3) is 11.0 Å². The molecule has 1 aliphatic heterocycles. The number of H-pyrrole nitrogens is 1. The number of hydrogen-bond donors (Lipinski definition) is 2. The van der Waals surface area contributed by atoms with E-state index in [4.69, 9.17) is 5.73 Å². The fraction of sp³-hybridized carbons (Fsp3) is 0.500. The van der Waals surface area contributed by atoms with Crippen LogP contribution in [-0.4, -0.2) is 23.1 Å². The number of aromatic amines is 1. The number of pyridine rings is 1. The Balaban J connectivity index is 2.14. The van der Waals surface area contributed by atoms with Crippen molar-refractivity contribution in [3.05, 3.63) is 18.0 Å². The van der Waals surface area contributed by atoms with Crippen LogP contribution >= 0.6 is 0 Å². The van der Waals surface area contributed by atoms with Crippen molar-refractivity contribution in [1.29, 1.82) is 0 Å². The summed E-state index contributed by atoms with van der Waals surface area (Å²) in [4.78, 5) is 10.0. The zero-order valence-electron chi connectivity index (χ0n) is 11.0. The number of piperidine rings is 1. The van der Waals surface area contributed by atoms with E-state index in [2.05, 4.69) is 28.7 Å². The van der Waals surface area contributed by atoms with E-state index in [1.165, 1.54) is 24.1 Å². The molecule has 2 aromatic heterocycles. The molecule has 1 atom stereocenters. The van der Waals surface area contributed by atoms with Crippen LogP contribution in [0.1, 0.15) is 25.3 Å². The minimum absolute atomic E-state index is 0.751. The average Bonchev–Trinajstić information content (AvgIpc) is 2.71. The van der Waals surface area contributed by atoms with E-state index < -0.39 is 0 Å². The first-order valence-corrected chi connectivity index (χ1v) is 6.64. The van der Waals surface area contributed by atoms with Gasteiger partial charge in [-0.05, 0) is 31.2 Å². The lowest BCUT2D eigenvalue weighted by molar-refractivity contribution is 0.447. The molecule has 0 unspecified atom stereocenters. The van der Waals surface area contributed by atoms with E-state index in [0.717, 1.165) is 35.7 Å². The predicted molar refractivity (Wildman–Crippen MR) is 75.9 cm³/mol. The Morgan fingerprint density at radius 1 is 1.50 bits per heavy atom. The SMILES string of the molecule is Cc1cnc2[nH]cc(N)c2c1N1CCC[C@@H](C)C1. The normalized spacial score (nSPS) is 20.6. The van der Waals surface area contributed by atoms with Gasteiger partial charge in [-0.15, -0.1) is 0 Å². The minimum Gasteiger partial charge on any atom is -0.397 e. The summed E-state index contributed by atoms with van der Waals surface area (Å²) >= 11 is 0. The smallest absolute Gasteiger partial charge is 0.141 e. The fourth-order valence-corrected chi connectivity index (χ4v) is 3.00. The lowest BCUT2D eigenvalue weighted by atomic mass is 9.98. The number of nitrogens with two attached hydrogens (primary N) is 1. The Morgan fingerprint density at radius 2 is 2.33 bits per heavy atom. The van der Waals surface area contributed by atoms with Gasteiger partial charge < -0.3 is 15.6 Å². The molecule has 0 aliphatic carbocycles. The maximum Gasteiger partial charge on any atom is 0.141 e. The Hall–Kier alpha value is -1.71. The van der Waals surface area contributed by atoms with Crippen molar-refractivity contribution in [3.63, 3.8) is 0 Å². The maximum atomic E-state index is 6.09. The molecule has 18 heavy (non-hydrogen) atoms. The second-order valence-electron chi connectivity index (χ2n) is 5.45. The molecule has 1 aliphatic rings. The van der Waals surface area contributed by atoms with Crippen molar-refractivity contribution in [3.8, 4) is 0 Å². The van der Waals surface area contributed by atoms with Crippen LogP contribution in [0.3, 0.4) is 0 Å². The van der Waals surface area contributed by atoms with Crippen molar-refractivity contribution in [1.82, 2.24) is 9.97 Å². The van der Waals surface area contributed by atoms with E-state index in [-0.39, 0.29) is 0 Å². The molecule has 0 amide bonds. The van der Waals surface area contributed by atoms with Gasteiger partial charge in [-0.2, -0.15) is 0 Å². The Kier molecular flexibility index (Phi) is 2.65. The first kappa shape index (κ1) is 11.4. The Morgan fingerprint density at radius 3 is 3.11 bits per heavy atom. The van der Waals surface area contributed by atoms with Crippen molar-refractivity contribution in [2.75, 3.05) is 23.7 Å². The molecule has 4 heteroatoms. The van der Waals surface area contributed by atoms with E-state index in [9.17, 15) is 0 Å². The standard InChI is InChI=1S/C14H20N4/c1-9-4-3-5-18(8-9)13-10(2)6-16-14-12(13)11(15)7-17-14/h6-7,9H,3-5,8,15H2,1-2H3,(H,16,17)/t9-/m1/s1. The van der Waals surface area contributed by atoms with Crippen molar-refractivity contribution < 1.29 is 0 Å². The van der Waals surface area contributed by atoms with Gasteiger partial charge in [0.2, 0.25) is 0 Å². The van der Waals surface area contributed by atoms with Gasteiger partial charge in [0, 0.05) is 25.5 Å². The third kappa shape index (κ3) is 1.72. The number of anilines is 2. The highest BCUT2D eigenvalue weighted by atomic mass is 15.1. The topological polar surface area (TPSA) is 57.9 Å². The van der Waals surface area contributed by atoms with Gasteiger partial charge in [-0.1, -0.05) is 6.92 Å². The van der Waals surface area contributed by atoms with Crippen LogP contribution in [0.15, 0.2) is 12.4 Å². The summed E-state index contributed by atoms with van der Waals surface area (Å²) in [5.74, 6) is 0.751. The van der Waals surface area contributed by atoms with Crippen LogP contribution in [0.5, 0.6) is 0 Å². The summed E-state index contributed by atoms with van der Waals surface area (Å²) in [7, 11) is 0. The maximum absolute atomic E-state index is 6.09. The summed E-state index contributed by atoms with van der Waals surface area (Å²) in [5.41, 5.74) is 10.3. The monoisotopic (exact) mass is 244 g/mol. The molecule has 3 heterocycles. The van der Waals surface area contributed by atoms with Gasteiger partial charge in [0.15, 0.2) is 0 Å². The first-order valence-electron chi connectivity index (χ1n) is 6.64. The number of nitrogen functional groups attached to an aromatic ring is 1. The van der Waals surface area contributed by atoms with E-state index in [1.54, 1.807) is 0 Å². The van der Waals surface area contributed by atoms with Gasteiger partial charge in [0.25, 0.3) is 0 Å². The van der Waals surface area contributed by atoms with E-state index in [1.807, 2.05) is 12.4 Å². The van der Waals surface area contributed by atoms with E-state index >= 15 is 0 Å². The third-order valence-electron chi connectivity index (χ3n) is 3.86. The lowest BCUT2D eigenvalue weighted by Gasteiger charge is -2.34. The summed E-state index contributed by atoms with van der Waals surface area (Å²) in [6.07, 6.45) is 6.36. The Bertz CT molecular complexity index is 572. The molecule has 4 nitrogen and oxygen atoms in total. The summed E-state index contributed by atoms with van der Waals surface area (Å²) in [6, 6.07) is 0. The van der Waals surface area contributed by atoms with Crippen LogP contribution in [-0.2, 0) is 0 Å². The molecule has 0 radical (unpaired) electrons. The third-order valence-corrected chi connectivity index (χ3v) is 3.86. The van der Waals surface area contributed by atoms with Crippen LogP contribution in [0.2, 0.25) is 0 Å². The summed E-state index contributed by atoms with van der Waals surface area (Å²) in [6.45, 7) is 6.67. The number of hydrogen-bond acceptors (Lipinski definition) is 3. The molecule has 1 saturated heterocycles. The number of nitrogens with zero attached hydrogens (tertiary/aromatic N) is 2. The zero-order chi connectivity index (χ0) is 12.7.